The molecule has 0 aromatic heterocycles. The van der Waals surface area contributed by atoms with Crippen molar-refractivity contribution in [2.24, 2.45) is 0 Å². The minimum absolute atomic E-state index is 0.0281. The van der Waals surface area contributed by atoms with Crippen LogP contribution < -0.4 is 5.32 Å². The normalized spacial score (nSPS) is 23.0. The molecule has 1 aromatic rings. The van der Waals surface area contributed by atoms with Gasteiger partial charge in [-0.1, -0.05) is 26.0 Å². The predicted molar refractivity (Wildman–Crippen MR) is 81.6 cm³/mol. The first kappa shape index (κ1) is 16.4. The summed E-state index contributed by atoms with van der Waals surface area (Å²) < 4.78 is 19.1. The third kappa shape index (κ3) is 4.25. The van der Waals surface area contributed by atoms with Crippen molar-refractivity contribution in [1.82, 2.24) is 5.32 Å². The smallest absolute Gasteiger partial charge is 0.123 e. The van der Waals surface area contributed by atoms with Gasteiger partial charge >= 0.3 is 0 Å². The Labute approximate surface area is 126 Å². The summed E-state index contributed by atoms with van der Waals surface area (Å²) in [6, 6.07) is 6.50. The highest BCUT2D eigenvalue weighted by Gasteiger charge is 2.34. The van der Waals surface area contributed by atoms with Crippen LogP contribution in [0.4, 0.5) is 4.39 Å². The maximum absolute atomic E-state index is 13.2. The number of aliphatic hydroxyl groups excluding tert-OH is 1. The van der Waals surface area contributed by atoms with E-state index < -0.39 is 6.10 Å². The van der Waals surface area contributed by atoms with Gasteiger partial charge in [0.05, 0.1) is 11.7 Å². The molecule has 1 heterocycles. The van der Waals surface area contributed by atoms with E-state index in [4.69, 9.17) is 4.74 Å². The highest BCUT2D eigenvalue weighted by atomic mass is 19.1. The van der Waals surface area contributed by atoms with Crippen molar-refractivity contribution in [1.29, 1.82) is 0 Å². The highest BCUT2D eigenvalue weighted by Crippen LogP contribution is 2.31. The molecule has 1 aliphatic rings. The van der Waals surface area contributed by atoms with E-state index in [1.807, 2.05) is 0 Å². The van der Waals surface area contributed by atoms with Crippen LogP contribution in [0.5, 0.6) is 0 Å². The van der Waals surface area contributed by atoms with Gasteiger partial charge in [0.25, 0.3) is 0 Å². The fraction of sp³-hybridized carbons (Fsp3) is 0.647. The Morgan fingerprint density at radius 3 is 2.86 bits per heavy atom. The number of hydrogen-bond acceptors (Lipinski definition) is 3. The number of ether oxygens (including phenoxy) is 1. The Morgan fingerprint density at radius 2 is 2.19 bits per heavy atom. The van der Waals surface area contributed by atoms with Crippen molar-refractivity contribution in [3.05, 3.63) is 35.6 Å². The molecule has 1 fully saturated rings. The summed E-state index contributed by atoms with van der Waals surface area (Å²) >= 11 is 0. The molecule has 2 atom stereocenters. The minimum Gasteiger partial charge on any atom is -0.387 e. The van der Waals surface area contributed by atoms with E-state index in [1.54, 1.807) is 12.1 Å². The summed E-state index contributed by atoms with van der Waals surface area (Å²) in [4.78, 5) is 0. The molecular weight excluding hydrogens is 269 g/mol. The quantitative estimate of drug-likeness (QED) is 0.847. The molecule has 2 N–H and O–H groups in total. The Morgan fingerprint density at radius 1 is 1.43 bits per heavy atom. The van der Waals surface area contributed by atoms with Crippen molar-refractivity contribution in [3.8, 4) is 0 Å². The van der Waals surface area contributed by atoms with E-state index in [0.29, 0.717) is 18.2 Å². The van der Waals surface area contributed by atoms with Crippen molar-refractivity contribution in [2.45, 2.75) is 57.3 Å². The second kappa shape index (κ2) is 7.34. The van der Waals surface area contributed by atoms with Gasteiger partial charge < -0.3 is 15.2 Å². The number of halogens is 1. The maximum Gasteiger partial charge on any atom is 0.123 e. The lowest BCUT2D eigenvalue weighted by Crippen LogP contribution is -2.47. The number of aliphatic hydroxyl groups is 1. The zero-order valence-electron chi connectivity index (χ0n) is 12.9. The largest absolute Gasteiger partial charge is 0.387 e. The van der Waals surface area contributed by atoms with Gasteiger partial charge in [0, 0.05) is 19.2 Å². The topological polar surface area (TPSA) is 41.5 Å². The number of rotatable bonds is 6. The van der Waals surface area contributed by atoms with Gasteiger partial charge in [-0.2, -0.15) is 0 Å². The lowest BCUT2D eigenvalue weighted by molar-refractivity contribution is -0.0937. The van der Waals surface area contributed by atoms with E-state index in [-0.39, 0.29) is 11.4 Å². The standard InChI is InChI=1S/C17H26FNO2/c1-3-17(4-2)11-15(8-9-21-17)19-12-16(20)13-6-5-7-14(18)10-13/h5-7,10,15-16,19-20H,3-4,8-9,11-12H2,1-2H3. The summed E-state index contributed by atoms with van der Waals surface area (Å²) in [5.74, 6) is -0.311. The first-order valence-electron chi connectivity index (χ1n) is 7.89. The lowest BCUT2D eigenvalue weighted by Gasteiger charge is -2.40. The fourth-order valence-electron chi connectivity index (χ4n) is 3.05. The zero-order valence-corrected chi connectivity index (χ0v) is 12.9. The highest BCUT2D eigenvalue weighted by molar-refractivity contribution is 5.19. The minimum atomic E-state index is -0.679. The number of nitrogens with one attached hydrogen (secondary N) is 1. The predicted octanol–water partition coefficient (Wildman–Crippen LogP) is 3.19. The van der Waals surface area contributed by atoms with Crippen LogP contribution in [0.1, 0.15) is 51.2 Å². The van der Waals surface area contributed by atoms with Gasteiger partial charge in [-0.05, 0) is 43.4 Å². The van der Waals surface area contributed by atoms with Gasteiger partial charge in [0.1, 0.15) is 5.82 Å². The third-order valence-corrected chi connectivity index (χ3v) is 4.61. The molecule has 3 nitrogen and oxygen atoms in total. The second-order valence-electron chi connectivity index (χ2n) is 5.91. The molecule has 0 amide bonds. The molecular formula is C17H26FNO2. The molecule has 1 aliphatic heterocycles. The second-order valence-corrected chi connectivity index (χ2v) is 5.91. The SMILES string of the molecule is CCC1(CC)CC(NCC(O)c2cccc(F)c2)CCO1. The Kier molecular flexibility index (Phi) is 5.73. The van der Waals surface area contributed by atoms with E-state index in [9.17, 15) is 9.50 Å². The molecule has 4 heteroatoms. The number of benzene rings is 1. The Hall–Kier alpha value is -0.970. The van der Waals surface area contributed by atoms with Crippen LogP contribution in [0.15, 0.2) is 24.3 Å². The molecule has 0 radical (unpaired) electrons. The van der Waals surface area contributed by atoms with Gasteiger partial charge in [-0.3, -0.25) is 0 Å². The van der Waals surface area contributed by atoms with Crippen molar-refractivity contribution < 1.29 is 14.2 Å². The van der Waals surface area contributed by atoms with Crippen LogP contribution in [0.3, 0.4) is 0 Å². The Balaban J connectivity index is 1.87. The fourth-order valence-corrected chi connectivity index (χ4v) is 3.05. The molecule has 1 aromatic carbocycles. The summed E-state index contributed by atoms with van der Waals surface area (Å²) in [6.45, 7) is 5.52. The molecule has 2 rings (SSSR count). The van der Waals surface area contributed by atoms with Crippen LogP contribution in [0.2, 0.25) is 0 Å². The first-order valence-corrected chi connectivity index (χ1v) is 7.89. The van der Waals surface area contributed by atoms with Crippen LogP contribution in [0, 0.1) is 5.82 Å². The van der Waals surface area contributed by atoms with Crippen LogP contribution in [-0.2, 0) is 4.74 Å². The summed E-state index contributed by atoms with van der Waals surface area (Å²) in [7, 11) is 0. The molecule has 2 unspecified atom stereocenters. The summed E-state index contributed by atoms with van der Waals surface area (Å²) in [5.41, 5.74) is 0.589. The Bertz CT molecular complexity index is 448. The molecule has 1 saturated heterocycles. The summed E-state index contributed by atoms with van der Waals surface area (Å²) in [5, 5.41) is 13.6. The third-order valence-electron chi connectivity index (χ3n) is 4.61. The van der Waals surface area contributed by atoms with E-state index in [0.717, 1.165) is 32.3 Å². The van der Waals surface area contributed by atoms with E-state index in [2.05, 4.69) is 19.2 Å². The van der Waals surface area contributed by atoms with Crippen molar-refractivity contribution in [3.63, 3.8) is 0 Å². The molecule has 0 spiro atoms. The van der Waals surface area contributed by atoms with Gasteiger partial charge in [-0.25, -0.2) is 4.39 Å². The zero-order chi connectivity index (χ0) is 15.3. The molecule has 0 saturated carbocycles. The van der Waals surface area contributed by atoms with Gasteiger partial charge in [0.2, 0.25) is 0 Å². The monoisotopic (exact) mass is 295 g/mol. The van der Waals surface area contributed by atoms with Crippen molar-refractivity contribution in [2.75, 3.05) is 13.2 Å². The average molecular weight is 295 g/mol. The molecule has 21 heavy (non-hydrogen) atoms. The van der Waals surface area contributed by atoms with E-state index >= 15 is 0 Å². The van der Waals surface area contributed by atoms with Crippen LogP contribution in [-0.4, -0.2) is 29.9 Å². The average Bonchev–Trinajstić information content (AvgIpc) is 2.52. The van der Waals surface area contributed by atoms with Crippen LogP contribution >= 0.6 is 0 Å². The van der Waals surface area contributed by atoms with E-state index in [1.165, 1.54) is 12.1 Å². The molecule has 0 bridgehead atoms. The first-order chi connectivity index (χ1) is 10.1. The maximum atomic E-state index is 13.2. The molecule has 0 aliphatic carbocycles. The molecule has 118 valence electrons. The van der Waals surface area contributed by atoms with Crippen LogP contribution in [0.25, 0.3) is 0 Å². The summed E-state index contributed by atoms with van der Waals surface area (Å²) in [6.07, 6.45) is 3.26. The van der Waals surface area contributed by atoms with Crippen molar-refractivity contribution >= 4 is 0 Å². The van der Waals surface area contributed by atoms with Gasteiger partial charge in [0.15, 0.2) is 0 Å². The van der Waals surface area contributed by atoms with Gasteiger partial charge in [-0.15, -0.1) is 0 Å². The lowest BCUT2D eigenvalue weighted by atomic mass is 9.86. The number of hydrogen-bond donors (Lipinski definition) is 2.